The van der Waals surface area contributed by atoms with E-state index in [9.17, 15) is 17.1 Å². The van der Waals surface area contributed by atoms with E-state index in [4.69, 9.17) is 11.2 Å². The van der Waals surface area contributed by atoms with Crippen LogP contribution in [0.4, 0.5) is 3.89 Å². The Labute approximate surface area is 230 Å². The van der Waals surface area contributed by atoms with E-state index in [1.165, 1.54) is 6.07 Å². The minimum atomic E-state index is -5.22. The molecule has 3 aromatic heterocycles. The number of fused-ring (bicyclic) bond motifs is 4. The van der Waals surface area contributed by atoms with Gasteiger partial charge in [-0.3, -0.25) is 9.78 Å². The van der Waals surface area contributed by atoms with Gasteiger partial charge in [0.15, 0.2) is 11.2 Å². The van der Waals surface area contributed by atoms with Crippen molar-refractivity contribution in [2.75, 3.05) is 13.2 Å². The highest BCUT2D eigenvalue weighted by atomic mass is 32.3. The molecule has 1 aliphatic rings. The normalized spacial score (nSPS) is 14.8. The van der Waals surface area contributed by atoms with Crippen molar-refractivity contribution in [1.29, 1.82) is 0 Å². The number of halogens is 1. The van der Waals surface area contributed by atoms with E-state index < -0.39 is 10.5 Å². The molecule has 204 valence electrons. The average Bonchev–Trinajstić information content (AvgIpc) is 3.31. The topological polar surface area (TPSA) is 103 Å². The molecule has 0 spiro atoms. The zero-order valence-corrected chi connectivity index (χ0v) is 22.7. The van der Waals surface area contributed by atoms with Gasteiger partial charge in [0.1, 0.15) is 5.65 Å². The van der Waals surface area contributed by atoms with Gasteiger partial charge in [0.25, 0.3) is 0 Å². The molecule has 0 amide bonds. The first-order valence-corrected chi connectivity index (χ1v) is 14.3. The van der Waals surface area contributed by atoms with E-state index in [-0.39, 0.29) is 23.1 Å². The molecule has 40 heavy (non-hydrogen) atoms. The van der Waals surface area contributed by atoms with Gasteiger partial charge in [-0.05, 0) is 60.2 Å². The van der Waals surface area contributed by atoms with Crippen LogP contribution in [-0.2, 0) is 15.2 Å². The molecule has 8 nitrogen and oxygen atoms in total. The molecular formula is C30H26FN3O5S. The summed E-state index contributed by atoms with van der Waals surface area (Å²) in [4.78, 5) is 21.7. The van der Waals surface area contributed by atoms with E-state index in [2.05, 4.69) is 24.6 Å². The molecule has 1 fully saturated rings. The molecule has 0 aliphatic carbocycles. The van der Waals surface area contributed by atoms with Gasteiger partial charge in [-0.25, -0.2) is 0 Å². The summed E-state index contributed by atoms with van der Waals surface area (Å²) in [6, 6.07) is 10.9. The van der Waals surface area contributed by atoms with E-state index in [1.54, 1.807) is 6.20 Å². The fourth-order valence-electron chi connectivity index (χ4n) is 5.70. The van der Waals surface area contributed by atoms with Crippen molar-refractivity contribution in [3.63, 3.8) is 0 Å². The SMILES string of the molecule is C#Cc1ccc2c(c1)[nH]c1c2c(=O)c2cc(C(C)C)c(-c3cncc(OS(=O)(=O)F)c3)cc2n1C1CCOCC1. The smallest absolute Gasteiger partial charge is 0.381 e. The quantitative estimate of drug-likeness (QED) is 0.217. The molecule has 6 rings (SSSR count). The van der Waals surface area contributed by atoms with Crippen LogP contribution < -0.4 is 9.61 Å². The van der Waals surface area contributed by atoms with Crippen molar-refractivity contribution in [1.82, 2.24) is 14.5 Å². The molecule has 0 atom stereocenters. The zero-order chi connectivity index (χ0) is 28.2. The fraction of sp³-hybridized carbons (Fsp3) is 0.267. The van der Waals surface area contributed by atoms with Gasteiger partial charge in [0, 0.05) is 52.9 Å². The molecule has 1 N–H and O–H groups in total. The minimum Gasteiger partial charge on any atom is -0.381 e. The summed E-state index contributed by atoms with van der Waals surface area (Å²) in [6.45, 7) is 5.21. The minimum absolute atomic E-state index is 0.00154. The molecular weight excluding hydrogens is 533 g/mol. The van der Waals surface area contributed by atoms with Crippen molar-refractivity contribution in [3.05, 3.63) is 70.1 Å². The molecule has 2 aromatic carbocycles. The van der Waals surface area contributed by atoms with Crippen LogP contribution in [0.3, 0.4) is 0 Å². The Morgan fingerprint density at radius 2 is 1.93 bits per heavy atom. The van der Waals surface area contributed by atoms with Crippen molar-refractivity contribution in [3.8, 4) is 29.2 Å². The van der Waals surface area contributed by atoms with E-state index in [1.807, 2.05) is 44.2 Å². The number of pyridine rings is 2. The lowest BCUT2D eigenvalue weighted by Crippen LogP contribution is -2.22. The van der Waals surface area contributed by atoms with Crippen LogP contribution in [0.25, 0.3) is 44.0 Å². The van der Waals surface area contributed by atoms with E-state index in [0.717, 1.165) is 46.6 Å². The molecule has 0 bridgehead atoms. The summed E-state index contributed by atoms with van der Waals surface area (Å²) in [5.74, 6) is 2.41. The summed E-state index contributed by atoms with van der Waals surface area (Å²) in [5.41, 5.74) is 4.95. The molecule has 1 saturated heterocycles. The van der Waals surface area contributed by atoms with E-state index in [0.29, 0.717) is 40.8 Å². The average molecular weight is 560 g/mol. The first kappa shape index (κ1) is 26.0. The Bertz CT molecular complexity index is 2020. The van der Waals surface area contributed by atoms with Crippen LogP contribution >= 0.6 is 0 Å². The Hall–Kier alpha value is -4.20. The Morgan fingerprint density at radius 3 is 2.62 bits per heavy atom. The fourth-order valence-corrected chi connectivity index (χ4v) is 6.02. The maximum Gasteiger partial charge on any atom is 0.488 e. The van der Waals surface area contributed by atoms with Crippen LogP contribution in [0.2, 0.25) is 0 Å². The second-order valence-electron chi connectivity index (χ2n) is 10.3. The summed E-state index contributed by atoms with van der Waals surface area (Å²) >= 11 is 0. The molecule has 1 aliphatic heterocycles. The van der Waals surface area contributed by atoms with Gasteiger partial charge in [0.2, 0.25) is 0 Å². The lowest BCUT2D eigenvalue weighted by Gasteiger charge is -2.28. The lowest BCUT2D eigenvalue weighted by molar-refractivity contribution is 0.0715. The maximum absolute atomic E-state index is 14.1. The van der Waals surface area contributed by atoms with Gasteiger partial charge >= 0.3 is 10.5 Å². The monoisotopic (exact) mass is 559 g/mol. The van der Waals surface area contributed by atoms with Gasteiger partial charge in [0.05, 0.1) is 17.1 Å². The van der Waals surface area contributed by atoms with Crippen LogP contribution in [-0.4, -0.2) is 36.2 Å². The molecule has 5 aromatic rings. The molecule has 4 heterocycles. The number of nitrogens with one attached hydrogen (secondary N) is 1. The Balaban J connectivity index is 1.71. The Kier molecular flexibility index (Phi) is 6.36. The first-order valence-electron chi connectivity index (χ1n) is 13.0. The van der Waals surface area contributed by atoms with Gasteiger partial charge in [-0.2, -0.15) is 8.42 Å². The highest BCUT2D eigenvalue weighted by molar-refractivity contribution is 7.81. The van der Waals surface area contributed by atoms with Crippen LogP contribution in [0, 0.1) is 12.3 Å². The first-order chi connectivity index (χ1) is 19.1. The van der Waals surface area contributed by atoms with Crippen LogP contribution in [0.15, 0.2) is 53.6 Å². The van der Waals surface area contributed by atoms with Crippen molar-refractivity contribution in [2.45, 2.75) is 38.6 Å². The predicted octanol–water partition coefficient (Wildman–Crippen LogP) is 5.75. The number of aromatic nitrogens is 3. The van der Waals surface area contributed by atoms with Crippen molar-refractivity contribution >= 4 is 43.3 Å². The van der Waals surface area contributed by atoms with Gasteiger partial charge in [-0.1, -0.05) is 29.7 Å². The van der Waals surface area contributed by atoms with E-state index >= 15 is 0 Å². The molecule has 0 saturated carbocycles. The predicted molar refractivity (Wildman–Crippen MR) is 153 cm³/mol. The lowest BCUT2D eigenvalue weighted by atomic mass is 9.90. The summed E-state index contributed by atoms with van der Waals surface area (Å²) < 4.78 is 47.8. The van der Waals surface area contributed by atoms with Crippen molar-refractivity contribution in [2.24, 2.45) is 0 Å². The van der Waals surface area contributed by atoms with Crippen LogP contribution in [0.5, 0.6) is 5.75 Å². The molecule has 0 radical (unpaired) electrons. The van der Waals surface area contributed by atoms with Gasteiger partial charge < -0.3 is 18.5 Å². The third kappa shape index (κ3) is 4.51. The number of nitrogens with zero attached hydrogens (tertiary/aromatic N) is 2. The van der Waals surface area contributed by atoms with Gasteiger partial charge in [-0.15, -0.1) is 6.42 Å². The molecule has 0 unspecified atom stereocenters. The maximum atomic E-state index is 14.1. The number of hydrogen-bond donors (Lipinski definition) is 1. The van der Waals surface area contributed by atoms with Crippen molar-refractivity contribution < 1.29 is 21.2 Å². The number of hydrogen-bond acceptors (Lipinski definition) is 6. The standard InChI is InChI=1S/C30H26FN3O5S/c1-4-18-5-6-22-26(11-18)33-30-28(22)29(35)25-13-23(17(2)3)24(14-27(25)34(30)20-7-9-38-10-8-20)19-12-21(16-32-15-19)39-40(31,36)37/h1,5-6,11-17,20,33H,7-10H2,2-3H3. The molecule has 10 heteroatoms. The largest absolute Gasteiger partial charge is 0.488 e. The number of aromatic amines is 1. The number of benzene rings is 2. The third-order valence-corrected chi connectivity index (χ3v) is 7.87. The van der Waals surface area contributed by atoms with Crippen LogP contribution in [0.1, 0.15) is 49.8 Å². The summed E-state index contributed by atoms with van der Waals surface area (Å²) in [5, 5.41) is 1.98. The summed E-state index contributed by atoms with van der Waals surface area (Å²) in [6.07, 6.45) is 9.86. The highest BCUT2D eigenvalue weighted by Crippen LogP contribution is 2.38. The summed E-state index contributed by atoms with van der Waals surface area (Å²) in [7, 11) is -5.22. The third-order valence-electron chi connectivity index (χ3n) is 7.48. The zero-order valence-electron chi connectivity index (χ0n) is 21.9. The second-order valence-corrected chi connectivity index (χ2v) is 11.2. The number of rotatable bonds is 5. The number of terminal acetylenes is 1. The Morgan fingerprint density at radius 1 is 1.15 bits per heavy atom. The number of ether oxygens (including phenoxy) is 1. The number of H-pyrrole nitrogens is 1. The highest BCUT2D eigenvalue weighted by Gasteiger charge is 2.25. The second kappa shape index (κ2) is 9.77.